The van der Waals surface area contributed by atoms with Gasteiger partial charge in [-0.2, -0.15) is 0 Å². The Bertz CT molecular complexity index is 652. The third-order valence-electron chi connectivity index (χ3n) is 3.65. The summed E-state index contributed by atoms with van der Waals surface area (Å²) in [5.41, 5.74) is 3.03. The maximum Gasteiger partial charge on any atom is 0.315 e. The molecule has 0 radical (unpaired) electrons. The molecule has 134 valence electrons. The summed E-state index contributed by atoms with van der Waals surface area (Å²) in [5, 5.41) is 14.7. The molecule has 0 bridgehead atoms. The lowest BCUT2D eigenvalue weighted by Crippen LogP contribution is -2.36. The van der Waals surface area contributed by atoms with E-state index in [4.69, 9.17) is 9.84 Å². The minimum Gasteiger partial charge on any atom is -0.491 e. The number of carbonyl (C=O) groups excluding carboxylic acids is 1. The summed E-state index contributed by atoms with van der Waals surface area (Å²) >= 11 is 0. The molecule has 0 saturated carbocycles. The van der Waals surface area contributed by atoms with Crippen LogP contribution in [0.4, 0.5) is 4.79 Å². The lowest BCUT2D eigenvalue weighted by atomic mass is 10.1. The van der Waals surface area contributed by atoms with E-state index in [0.717, 1.165) is 28.9 Å². The summed E-state index contributed by atoms with van der Waals surface area (Å²) in [5.74, 6) is 0.829. The zero-order valence-electron chi connectivity index (χ0n) is 14.8. The average Bonchev–Trinajstić information content (AvgIpc) is 2.61. The Morgan fingerprint density at radius 3 is 2.16 bits per heavy atom. The summed E-state index contributed by atoms with van der Waals surface area (Å²) in [6.45, 7) is 5.05. The fourth-order valence-corrected chi connectivity index (χ4v) is 2.33. The van der Waals surface area contributed by atoms with Crippen LogP contribution in [-0.4, -0.2) is 23.8 Å². The summed E-state index contributed by atoms with van der Waals surface area (Å²) < 4.78 is 5.59. The molecule has 25 heavy (non-hydrogen) atoms. The zero-order chi connectivity index (χ0) is 18.1. The van der Waals surface area contributed by atoms with E-state index in [1.807, 2.05) is 62.4 Å². The van der Waals surface area contributed by atoms with Gasteiger partial charge in [-0.15, -0.1) is 0 Å². The van der Waals surface area contributed by atoms with Crippen molar-refractivity contribution in [3.63, 3.8) is 0 Å². The van der Waals surface area contributed by atoms with Crippen LogP contribution in [-0.2, 0) is 19.6 Å². The minimum absolute atomic E-state index is 0.0471. The number of aliphatic hydroxyl groups excluding tert-OH is 1. The number of carbonyl (C=O) groups is 1. The summed E-state index contributed by atoms with van der Waals surface area (Å²) in [6, 6.07) is 15.2. The third-order valence-corrected chi connectivity index (χ3v) is 3.65. The maximum atomic E-state index is 11.8. The van der Waals surface area contributed by atoms with Crippen LogP contribution in [0.25, 0.3) is 0 Å². The molecule has 0 spiro atoms. The van der Waals surface area contributed by atoms with Crippen molar-refractivity contribution in [3.8, 4) is 5.75 Å². The first-order chi connectivity index (χ1) is 12.1. The Morgan fingerprint density at radius 2 is 1.56 bits per heavy atom. The molecule has 0 aliphatic rings. The normalized spacial score (nSPS) is 10.6. The Hall–Kier alpha value is -2.53. The predicted octanol–water partition coefficient (Wildman–Crippen LogP) is 3.01. The van der Waals surface area contributed by atoms with Gasteiger partial charge in [0.25, 0.3) is 0 Å². The Labute approximate surface area is 149 Å². The number of rotatable bonds is 8. The number of nitrogens with one attached hydrogen (secondary N) is 2. The van der Waals surface area contributed by atoms with E-state index in [0.29, 0.717) is 13.1 Å². The summed E-state index contributed by atoms with van der Waals surface area (Å²) in [6.07, 6.45) is 0.898. The van der Waals surface area contributed by atoms with E-state index in [2.05, 4.69) is 10.6 Å². The smallest absolute Gasteiger partial charge is 0.315 e. The molecule has 5 nitrogen and oxygen atoms in total. The van der Waals surface area contributed by atoms with Gasteiger partial charge in [0.2, 0.25) is 0 Å². The fourth-order valence-electron chi connectivity index (χ4n) is 2.33. The molecule has 0 heterocycles. The van der Waals surface area contributed by atoms with Gasteiger partial charge in [0.15, 0.2) is 0 Å². The lowest BCUT2D eigenvalue weighted by Gasteiger charge is -2.11. The van der Waals surface area contributed by atoms with E-state index in [1.165, 1.54) is 0 Å². The molecule has 0 unspecified atom stereocenters. The van der Waals surface area contributed by atoms with Crippen molar-refractivity contribution in [1.82, 2.24) is 10.6 Å². The Kier molecular flexibility index (Phi) is 7.29. The van der Waals surface area contributed by atoms with E-state index in [9.17, 15) is 4.79 Å². The highest BCUT2D eigenvalue weighted by molar-refractivity contribution is 5.73. The number of urea groups is 1. The molecule has 2 amide bonds. The highest BCUT2D eigenvalue weighted by Gasteiger charge is 2.02. The molecule has 0 aromatic heterocycles. The van der Waals surface area contributed by atoms with Gasteiger partial charge in [-0.25, -0.2) is 4.79 Å². The Morgan fingerprint density at radius 1 is 0.960 bits per heavy atom. The average molecular weight is 342 g/mol. The lowest BCUT2D eigenvalue weighted by molar-refractivity contribution is 0.240. The predicted molar refractivity (Wildman–Crippen MR) is 98.5 cm³/mol. The first-order valence-electron chi connectivity index (χ1n) is 8.53. The molecule has 0 atom stereocenters. The number of hydrogen-bond acceptors (Lipinski definition) is 3. The molecule has 2 aromatic carbocycles. The highest BCUT2D eigenvalue weighted by Crippen LogP contribution is 2.13. The quantitative estimate of drug-likeness (QED) is 0.691. The molecular formula is C20H26N2O3. The van der Waals surface area contributed by atoms with Crippen molar-refractivity contribution in [2.75, 3.05) is 6.54 Å². The van der Waals surface area contributed by atoms with Gasteiger partial charge < -0.3 is 20.5 Å². The molecule has 2 rings (SSSR count). The number of aliphatic hydroxyl groups is 1. The van der Waals surface area contributed by atoms with Crippen LogP contribution in [0.3, 0.4) is 0 Å². The maximum absolute atomic E-state index is 11.8. The monoisotopic (exact) mass is 342 g/mol. The molecular weight excluding hydrogens is 316 g/mol. The van der Waals surface area contributed by atoms with Crippen molar-refractivity contribution in [3.05, 3.63) is 65.2 Å². The number of ether oxygens (including phenoxy) is 1. The molecule has 2 aromatic rings. The van der Waals surface area contributed by atoms with E-state index in [-0.39, 0.29) is 18.7 Å². The second kappa shape index (κ2) is 9.69. The van der Waals surface area contributed by atoms with Crippen LogP contribution >= 0.6 is 0 Å². The van der Waals surface area contributed by atoms with Crippen molar-refractivity contribution >= 4 is 6.03 Å². The highest BCUT2D eigenvalue weighted by atomic mass is 16.5. The van der Waals surface area contributed by atoms with Crippen LogP contribution in [0.1, 0.15) is 30.5 Å². The largest absolute Gasteiger partial charge is 0.491 e. The third kappa shape index (κ3) is 6.85. The molecule has 3 N–H and O–H groups in total. The Balaban J connectivity index is 1.67. The van der Waals surface area contributed by atoms with Crippen LogP contribution in [0.5, 0.6) is 5.75 Å². The molecule has 0 saturated heterocycles. The first kappa shape index (κ1) is 18.8. The molecule has 5 heteroatoms. The van der Waals surface area contributed by atoms with Gasteiger partial charge >= 0.3 is 6.03 Å². The zero-order valence-corrected chi connectivity index (χ0v) is 14.8. The minimum atomic E-state index is -0.186. The van der Waals surface area contributed by atoms with Crippen LogP contribution in [0, 0.1) is 0 Å². The van der Waals surface area contributed by atoms with Gasteiger partial charge in [-0.1, -0.05) is 36.4 Å². The first-order valence-corrected chi connectivity index (χ1v) is 8.53. The fraction of sp³-hybridized carbons (Fsp3) is 0.350. The molecule has 0 fully saturated rings. The van der Waals surface area contributed by atoms with Crippen LogP contribution in [0.2, 0.25) is 0 Å². The van der Waals surface area contributed by atoms with Crippen molar-refractivity contribution in [2.45, 2.75) is 39.5 Å². The summed E-state index contributed by atoms with van der Waals surface area (Å²) in [7, 11) is 0. The van der Waals surface area contributed by atoms with E-state index >= 15 is 0 Å². The van der Waals surface area contributed by atoms with Gasteiger partial charge in [0.1, 0.15) is 5.75 Å². The van der Waals surface area contributed by atoms with Gasteiger partial charge in [-0.3, -0.25) is 0 Å². The van der Waals surface area contributed by atoms with Crippen LogP contribution < -0.4 is 15.4 Å². The topological polar surface area (TPSA) is 70.6 Å². The number of amides is 2. The molecule has 0 aliphatic heterocycles. The van der Waals surface area contributed by atoms with E-state index < -0.39 is 0 Å². The van der Waals surface area contributed by atoms with E-state index in [1.54, 1.807) is 0 Å². The van der Waals surface area contributed by atoms with Crippen molar-refractivity contribution < 1.29 is 14.6 Å². The van der Waals surface area contributed by atoms with Gasteiger partial charge in [-0.05, 0) is 49.1 Å². The van der Waals surface area contributed by atoms with Crippen molar-refractivity contribution in [2.24, 2.45) is 0 Å². The SMILES string of the molecule is CC(C)Oc1ccc(CNC(=O)NCCc2ccc(CO)cc2)cc1. The van der Waals surface area contributed by atoms with Crippen molar-refractivity contribution in [1.29, 1.82) is 0 Å². The second-order valence-electron chi connectivity index (χ2n) is 6.14. The number of hydrogen-bond donors (Lipinski definition) is 3. The van der Waals surface area contributed by atoms with Gasteiger partial charge in [0, 0.05) is 13.1 Å². The van der Waals surface area contributed by atoms with Crippen LogP contribution in [0.15, 0.2) is 48.5 Å². The summed E-state index contributed by atoms with van der Waals surface area (Å²) in [4.78, 5) is 11.8. The second-order valence-corrected chi connectivity index (χ2v) is 6.14. The van der Waals surface area contributed by atoms with Gasteiger partial charge in [0.05, 0.1) is 12.7 Å². The molecule has 0 aliphatic carbocycles. The standard InChI is InChI=1S/C20H26N2O3/c1-15(2)25-19-9-7-17(8-10-19)13-22-20(24)21-12-11-16-3-5-18(14-23)6-4-16/h3-10,15,23H,11-14H2,1-2H3,(H2,21,22,24). The number of benzene rings is 2.